The fraction of sp³-hybridized carbons (Fsp3) is 0.182. The summed E-state index contributed by atoms with van der Waals surface area (Å²) in [5.41, 5.74) is 3.06. The molecule has 4 nitrogen and oxygen atoms in total. The van der Waals surface area contributed by atoms with Crippen LogP contribution in [0.2, 0.25) is 0 Å². The monoisotopic (exact) mass is 346 g/mol. The van der Waals surface area contributed by atoms with Crippen molar-refractivity contribution in [3.05, 3.63) is 89.7 Å². The number of methoxy groups -OCH3 is 1. The van der Waals surface area contributed by atoms with E-state index in [9.17, 15) is 4.79 Å². The summed E-state index contributed by atoms with van der Waals surface area (Å²) in [5.74, 6) is 0.602. The van der Waals surface area contributed by atoms with Gasteiger partial charge in [0.15, 0.2) is 0 Å². The quantitative estimate of drug-likeness (QED) is 0.730. The van der Waals surface area contributed by atoms with Crippen LogP contribution in [0.5, 0.6) is 5.75 Å². The van der Waals surface area contributed by atoms with E-state index in [1.807, 2.05) is 36.4 Å². The number of rotatable bonds is 5. The van der Waals surface area contributed by atoms with Crippen molar-refractivity contribution < 1.29 is 9.53 Å². The first-order valence-corrected chi connectivity index (χ1v) is 8.49. The number of anilines is 1. The predicted octanol–water partition coefficient (Wildman–Crippen LogP) is 4.67. The normalized spacial score (nSPS) is 11.0. The van der Waals surface area contributed by atoms with Crippen molar-refractivity contribution in [2.75, 3.05) is 12.4 Å². The third-order valence-corrected chi connectivity index (χ3v) is 4.56. The second kappa shape index (κ2) is 7.40. The van der Waals surface area contributed by atoms with Gasteiger partial charge < -0.3 is 10.1 Å². The third kappa shape index (κ3) is 3.59. The second-order valence-corrected chi connectivity index (χ2v) is 6.57. The van der Waals surface area contributed by atoms with Crippen LogP contribution in [-0.2, 0) is 5.41 Å². The number of hydrogen-bond acceptors (Lipinski definition) is 3. The lowest BCUT2D eigenvalue weighted by Crippen LogP contribution is -2.23. The van der Waals surface area contributed by atoms with Crippen molar-refractivity contribution in [2.45, 2.75) is 19.3 Å². The zero-order valence-electron chi connectivity index (χ0n) is 15.2. The number of para-hydroxylation sites is 1. The van der Waals surface area contributed by atoms with E-state index in [-0.39, 0.29) is 11.3 Å². The number of carbonyl (C=O) groups excluding carboxylic acids is 1. The first kappa shape index (κ1) is 17.7. The van der Waals surface area contributed by atoms with Crippen LogP contribution in [0, 0.1) is 0 Å². The van der Waals surface area contributed by atoms with E-state index in [2.05, 4.69) is 36.3 Å². The number of nitrogens with one attached hydrogen (secondary N) is 1. The van der Waals surface area contributed by atoms with Gasteiger partial charge in [0.25, 0.3) is 5.91 Å². The molecule has 2 aromatic carbocycles. The van der Waals surface area contributed by atoms with Gasteiger partial charge in [-0.15, -0.1) is 0 Å². The molecule has 1 N–H and O–H groups in total. The Bertz CT molecular complexity index is 888. The minimum atomic E-state index is -0.291. The van der Waals surface area contributed by atoms with Crippen molar-refractivity contribution in [2.24, 2.45) is 0 Å². The van der Waals surface area contributed by atoms with Gasteiger partial charge >= 0.3 is 0 Å². The van der Waals surface area contributed by atoms with E-state index in [0.29, 0.717) is 5.69 Å². The summed E-state index contributed by atoms with van der Waals surface area (Å²) in [7, 11) is 1.66. The molecule has 1 aromatic heterocycles. The van der Waals surface area contributed by atoms with Crippen molar-refractivity contribution in [1.29, 1.82) is 0 Å². The van der Waals surface area contributed by atoms with Gasteiger partial charge in [0.05, 0.1) is 7.11 Å². The summed E-state index contributed by atoms with van der Waals surface area (Å²) in [6.45, 7) is 4.28. The van der Waals surface area contributed by atoms with E-state index in [0.717, 1.165) is 22.6 Å². The molecular formula is C22H22N2O2. The second-order valence-electron chi connectivity index (χ2n) is 6.57. The Morgan fingerprint density at radius 1 is 0.962 bits per heavy atom. The van der Waals surface area contributed by atoms with Crippen molar-refractivity contribution in [3.63, 3.8) is 0 Å². The van der Waals surface area contributed by atoms with Gasteiger partial charge in [-0.3, -0.25) is 9.78 Å². The number of nitrogens with zero attached hydrogens (tertiary/aromatic N) is 1. The van der Waals surface area contributed by atoms with Crippen LogP contribution in [0.3, 0.4) is 0 Å². The van der Waals surface area contributed by atoms with E-state index in [1.54, 1.807) is 31.5 Å². The summed E-state index contributed by atoms with van der Waals surface area (Å²) in [6.07, 6.45) is 1.61. The summed E-state index contributed by atoms with van der Waals surface area (Å²) < 4.78 is 5.25. The molecule has 3 aromatic rings. The Labute approximate surface area is 153 Å². The topological polar surface area (TPSA) is 51.2 Å². The van der Waals surface area contributed by atoms with Crippen LogP contribution in [0.25, 0.3) is 0 Å². The van der Waals surface area contributed by atoms with E-state index in [1.165, 1.54) is 0 Å². The number of pyridine rings is 1. The maximum absolute atomic E-state index is 12.5. The number of hydrogen-bond donors (Lipinski definition) is 1. The first-order chi connectivity index (χ1) is 12.5. The van der Waals surface area contributed by atoms with Crippen molar-refractivity contribution >= 4 is 11.6 Å². The minimum Gasteiger partial charge on any atom is -0.497 e. The third-order valence-electron chi connectivity index (χ3n) is 4.56. The lowest BCUT2D eigenvalue weighted by atomic mass is 9.77. The highest BCUT2D eigenvalue weighted by Gasteiger charge is 2.26. The van der Waals surface area contributed by atoms with E-state index in [4.69, 9.17) is 4.74 Å². The Balaban J connectivity index is 1.93. The summed E-state index contributed by atoms with van der Waals surface area (Å²) in [6, 6.07) is 21.2. The van der Waals surface area contributed by atoms with E-state index >= 15 is 0 Å². The molecule has 26 heavy (non-hydrogen) atoms. The first-order valence-electron chi connectivity index (χ1n) is 8.49. The SMILES string of the molecule is COc1ccc(C(C)(C)c2ccccc2NC(=O)c2ccccn2)cc1. The maximum Gasteiger partial charge on any atom is 0.274 e. The fourth-order valence-electron chi connectivity index (χ4n) is 2.98. The van der Waals surface area contributed by atoms with Crippen LogP contribution in [0.4, 0.5) is 5.69 Å². The Kier molecular flexibility index (Phi) is 5.03. The van der Waals surface area contributed by atoms with Gasteiger partial charge in [-0.1, -0.05) is 50.2 Å². The smallest absolute Gasteiger partial charge is 0.274 e. The summed E-state index contributed by atoms with van der Waals surface area (Å²) in [5, 5.41) is 3.00. The number of amides is 1. The molecule has 0 spiro atoms. The molecule has 0 saturated heterocycles. The molecular weight excluding hydrogens is 324 g/mol. The van der Waals surface area contributed by atoms with Gasteiger partial charge in [0, 0.05) is 17.3 Å². The van der Waals surface area contributed by atoms with Crippen molar-refractivity contribution in [3.8, 4) is 5.75 Å². The predicted molar refractivity (Wildman–Crippen MR) is 104 cm³/mol. The largest absolute Gasteiger partial charge is 0.497 e. The summed E-state index contributed by atoms with van der Waals surface area (Å²) >= 11 is 0. The molecule has 0 aliphatic rings. The highest BCUT2D eigenvalue weighted by atomic mass is 16.5. The molecule has 0 fully saturated rings. The summed E-state index contributed by atoms with van der Waals surface area (Å²) in [4.78, 5) is 16.6. The average Bonchev–Trinajstić information content (AvgIpc) is 2.69. The zero-order chi connectivity index (χ0) is 18.6. The van der Waals surface area contributed by atoms with Crippen LogP contribution in [-0.4, -0.2) is 18.0 Å². The van der Waals surface area contributed by atoms with Crippen LogP contribution in [0.15, 0.2) is 72.9 Å². The van der Waals surface area contributed by atoms with Crippen LogP contribution < -0.4 is 10.1 Å². The van der Waals surface area contributed by atoms with Gasteiger partial charge in [-0.25, -0.2) is 0 Å². The van der Waals surface area contributed by atoms with Gasteiger partial charge in [-0.2, -0.15) is 0 Å². The van der Waals surface area contributed by atoms with Crippen LogP contribution >= 0.6 is 0 Å². The van der Waals surface area contributed by atoms with Gasteiger partial charge in [-0.05, 0) is 41.5 Å². The zero-order valence-corrected chi connectivity index (χ0v) is 15.2. The molecule has 0 unspecified atom stereocenters. The molecule has 0 atom stereocenters. The standard InChI is InChI=1S/C22H22N2O2/c1-22(2,16-11-13-17(26-3)14-12-16)18-8-4-5-9-19(18)24-21(25)20-10-6-7-15-23-20/h4-15H,1-3H3,(H,24,25). The molecule has 0 saturated carbocycles. The Morgan fingerprint density at radius 3 is 2.31 bits per heavy atom. The van der Waals surface area contributed by atoms with Gasteiger partial charge in [0.2, 0.25) is 0 Å². The highest BCUT2D eigenvalue weighted by Crippen LogP contribution is 2.36. The minimum absolute atomic E-state index is 0.219. The molecule has 1 amide bonds. The fourth-order valence-corrected chi connectivity index (χ4v) is 2.98. The molecule has 1 heterocycles. The lowest BCUT2D eigenvalue weighted by Gasteiger charge is -2.28. The Hall–Kier alpha value is -3.14. The molecule has 4 heteroatoms. The van der Waals surface area contributed by atoms with Crippen molar-refractivity contribution in [1.82, 2.24) is 4.98 Å². The number of benzene rings is 2. The molecule has 0 aliphatic heterocycles. The number of aromatic nitrogens is 1. The molecule has 0 bridgehead atoms. The molecule has 0 radical (unpaired) electrons. The molecule has 3 rings (SSSR count). The van der Waals surface area contributed by atoms with E-state index < -0.39 is 0 Å². The maximum atomic E-state index is 12.5. The lowest BCUT2D eigenvalue weighted by molar-refractivity contribution is 0.102. The molecule has 132 valence electrons. The average molecular weight is 346 g/mol. The highest BCUT2D eigenvalue weighted by molar-refractivity contribution is 6.03. The number of carbonyl (C=O) groups is 1. The Morgan fingerprint density at radius 2 is 1.65 bits per heavy atom. The van der Waals surface area contributed by atoms with Gasteiger partial charge in [0.1, 0.15) is 11.4 Å². The number of ether oxygens (including phenoxy) is 1. The van der Waals surface area contributed by atoms with Crippen LogP contribution in [0.1, 0.15) is 35.5 Å². The molecule has 0 aliphatic carbocycles.